The molecule has 2 nitrogen and oxygen atoms in total. The largest absolute Gasteiger partial charge is 0.396 e. The molecule has 0 radical (unpaired) electrons. The van der Waals surface area contributed by atoms with Gasteiger partial charge in [-0.25, -0.2) is 0 Å². The Balaban J connectivity index is 2.36. The molecule has 1 atom stereocenters. The molecule has 0 aliphatic heterocycles. The van der Waals surface area contributed by atoms with Crippen molar-refractivity contribution in [2.75, 3.05) is 6.61 Å². The van der Waals surface area contributed by atoms with Gasteiger partial charge >= 0.3 is 0 Å². The summed E-state index contributed by atoms with van der Waals surface area (Å²) in [5.74, 6) is 0. The van der Waals surface area contributed by atoms with Gasteiger partial charge in [0.25, 0.3) is 0 Å². The summed E-state index contributed by atoms with van der Waals surface area (Å²) in [5, 5.41) is 10.6. The molecule has 0 aliphatic rings. The molecule has 3 N–H and O–H groups in total. The molecule has 0 saturated heterocycles. The van der Waals surface area contributed by atoms with Crippen LogP contribution in [0, 0.1) is 0 Å². The number of hydrogen-bond donors (Lipinski definition) is 2. The third-order valence-electron chi connectivity index (χ3n) is 1.58. The van der Waals surface area contributed by atoms with E-state index in [1.165, 1.54) is 4.88 Å². The predicted octanol–water partition coefficient (Wildman–Crippen LogP) is 1.52. The molecule has 0 aliphatic carbocycles. The molecule has 0 spiro atoms. The highest BCUT2D eigenvalue weighted by Gasteiger charge is 2.04. The van der Waals surface area contributed by atoms with Crippen molar-refractivity contribution in [2.45, 2.75) is 18.9 Å². The number of aliphatic hydroxyl groups excluding tert-OH is 1. The van der Waals surface area contributed by atoms with Crippen molar-refractivity contribution in [1.82, 2.24) is 0 Å². The van der Waals surface area contributed by atoms with E-state index < -0.39 is 0 Å². The zero-order valence-electron chi connectivity index (χ0n) is 6.36. The van der Waals surface area contributed by atoms with Crippen molar-refractivity contribution in [3.63, 3.8) is 0 Å². The minimum absolute atomic E-state index is 0.113. The molecule has 0 fully saturated rings. The lowest BCUT2D eigenvalue weighted by Crippen LogP contribution is -2.08. The van der Waals surface area contributed by atoms with E-state index in [0.29, 0.717) is 0 Å². The maximum atomic E-state index is 8.56. The van der Waals surface area contributed by atoms with Crippen LogP contribution in [0.3, 0.4) is 0 Å². The molecule has 0 saturated carbocycles. The molecular formula is C8H13NOS. The van der Waals surface area contributed by atoms with E-state index in [1.807, 2.05) is 17.5 Å². The maximum absolute atomic E-state index is 8.56. The monoisotopic (exact) mass is 171 g/mol. The van der Waals surface area contributed by atoms with Gasteiger partial charge in [0.1, 0.15) is 0 Å². The lowest BCUT2D eigenvalue weighted by molar-refractivity contribution is 0.280. The second-order valence-corrected chi connectivity index (χ2v) is 3.47. The molecule has 62 valence electrons. The summed E-state index contributed by atoms with van der Waals surface area (Å²) >= 11 is 1.67. The van der Waals surface area contributed by atoms with Gasteiger partial charge in [-0.05, 0) is 24.3 Å². The molecule has 1 aromatic rings. The molecule has 3 heteroatoms. The van der Waals surface area contributed by atoms with Crippen molar-refractivity contribution < 1.29 is 5.11 Å². The summed E-state index contributed by atoms with van der Waals surface area (Å²) in [6.07, 6.45) is 1.66. The SMILES string of the molecule is NC(CCCO)c1cccs1. The zero-order valence-corrected chi connectivity index (χ0v) is 7.18. The van der Waals surface area contributed by atoms with Crippen LogP contribution in [0.5, 0.6) is 0 Å². The van der Waals surface area contributed by atoms with Gasteiger partial charge in [0, 0.05) is 17.5 Å². The van der Waals surface area contributed by atoms with Crippen LogP contribution in [0.1, 0.15) is 23.8 Å². The van der Waals surface area contributed by atoms with E-state index in [9.17, 15) is 0 Å². The Morgan fingerprint density at radius 2 is 2.45 bits per heavy atom. The van der Waals surface area contributed by atoms with Gasteiger partial charge in [-0.1, -0.05) is 6.07 Å². The number of rotatable bonds is 4. The predicted molar refractivity (Wildman–Crippen MR) is 47.6 cm³/mol. The molecule has 1 rings (SSSR count). The van der Waals surface area contributed by atoms with Gasteiger partial charge in [0.2, 0.25) is 0 Å². The number of aliphatic hydroxyl groups is 1. The lowest BCUT2D eigenvalue weighted by atomic mass is 10.1. The van der Waals surface area contributed by atoms with Crippen molar-refractivity contribution in [1.29, 1.82) is 0 Å². The Morgan fingerprint density at radius 3 is 3.00 bits per heavy atom. The van der Waals surface area contributed by atoms with Crippen LogP contribution in [0.15, 0.2) is 17.5 Å². The second kappa shape index (κ2) is 4.49. The van der Waals surface area contributed by atoms with Crippen molar-refractivity contribution in [3.8, 4) is 0 Å². The van der Waals surface area contributed by atoms with Gasteiger partial charge in [0.05, 0.1) is 0 Å². The topological polar surface area (TPSA) is 46.2 Å². The van der Waals surface area contributed by atoms with Crippen LogP contribution < -0.4 is 5.73 Å². The normalized spacial score (nSPS) is 13.3. The molecule has 0 bridgehead atoms. The van der Waals surface area contributed by atoms with Gasteiger partial charge in [0.15, 0.2) is 0 Å². The average molecular weight is 171 g/mol. The van der Waals surface area contributed by atoms with Gasteiger partial charge in [-0.15, -0.1) is 11.3 Å². The average Bonchev–Trinajstić information content (AvgIpc) is 2.52. The van der Waals surface area contributed by atoms with Crippen LogP contribution in [-0.2, 0) is 0 Å². The third-order valence-corrected chi connectivity index (χ3v) is 2.59. The smallest absolute Gasteiger partial charge is 0.0431 e. The number of nitrogens with two attached hydrogens (primary N) is 1. The Hall–Kier alpha value is -0.380. The first-order chi connectivity index (χ1) is 5.34. The first-order valence-electron chi connectivity index (χ1n) is 3.74. The second-order valence-electron chi connectivity index (χ2n) is 2.49. The van der Waals surface area contributed by atoms with E-state index in [0.717, 1.165) is 12.8 Å². The van der Waals surface area contributed by atoms with Crippen LogP contribution >= 0.6 is 11.3 Å². The minimum Gasteiger partial charge on any atom is -0.396 e. The fraction of sp³-hybridized carbons (Fsp3) is 0.500. The molecular weight excluding hydrogens is 158 g/mol. The Kier molecular flexibility index (Phi) is 3.56. The molecule has 11 heavy (non-hydrogen) atoms. The molecule has 1 unspecified atom stereocenters. The highest BCUT2D eigenvalue weighted by molar-refractivity contribution is 7.10. The van der Waals surface area contributed by atoms with Gasteiger partial charge in [-0.3, -0.25) is 0 Å². The summed E-state index contributed by atoms with van der Waals surface area (Å²) in [6.45, 7) is 0.235. The summed E-state index contributed by atoms with van der Waals surface area (Å²) in [5.41, 5.74) is 5.82. The summed E-state index contributed by atoms with van der Waals surface area (Å²) in [6, 6.07) is 4.15. The summed E-state index contributed by atoms with van der Waals surface area (Å²) < 4.78 is 0. The lowest BCUT2D eigenvalue weighted by Gasteiger charge is -2.06. The molecule has 1 aromatic heterocycles. The quantitative estimate of drug-likeness (QED) is 0.721. The standard InChI is InChI=1S/C8H13NOS/c9-7(3-1-5-10)8-4-2-6-11-8/h2,4,6-7,10H,1,3,5,9H2. The molecule has 1 heterocycles. The Morgan fingerprint density at radius 1 is 1.64 bits per heavy atom. The first kappa shape index (κ1) is 8.71. The van der Waals surface area contributed by atoms with Crippen LogP contribution in [0.25, 0.3) is 0 Å². The van der Waals surface area contributed by atoms with Crippen molar-refractivity contribution in [2.24, 2.45) is 5.73 Å². The van der Waals surface area contributed by atoms with Gasteiger partial charge in [-0.2, -0.15) is 0 Å². The van der Waals surface area contributed by atoms with E-state index >= 15 is 0 Å². The van der Waals surface area contributed by atoms with Gasteiger partial charge < -0.3 is 10.8 Å². The maximum Gasteiger partial charge on any atom is 0.0431 e. The van der Waals surface area contributed by atoms with Crippen LogP contribution in [0.2, 0.25) is 0 Å². The van der Waals surface area contributed by atoms with Crippen molar-refractivity contribution >= 4 is 11.3 Å². The van der Waals surface area contributed by atoms with Crippen molar-refractivity contribution in [3.05, 3.63) is 22.4 Å². The van der Waals surface area contributed by atoms with Crippen LogP contribution in [-0.4, -0.2) is 11.7 Å². The Labute approximate surface area is 70.7 Å². The first-order valence-corrected chi connectivity index (χ1v) is 4.62. The molecule has 0 aromatic carbocycles. The van der Waals surface area contributed by atoms with E-state index in [-0.39, 0.29) is 12.6 Å². The van der Waals surface area contributed by atoms with E-state index in [4.69, 9.17) is 10.8 Å². The fourth-order valence-corrected chi connectivity index (χ4v) is 1.72. The summed E-state index contributed by atoms with van der Waals surface area (Å²) in [7, 11) is 0. The number of thiophene rings is 1. The van der Waals surface area contributed by atoms with E-state index in [1.54, 1.807) is 11.3 Å². The Bertz CT molecular complexity index is 186. The van der Waals surface area contributed by atoms with Crippen LogP contribution in [0.4, 0.5) is 0 Å². The third kappa shape index (κ3) is 2.61. The highest BCUT2D eigenvalue weighted by Crippen LogP contribution is 2.20. The number of hydrogen-bond acceptors (Lipinski definition) is 3. The zero-order chi connectivity index (χ0) is 8.10. The highest BCUT2D eigenvalue weighted by atomic mass is 32.1. The van der Waals surface area contributed by atoms with E-state index in [2.05, 4.69) is 0 Å². The molecule has 0 amide bonds. The minimum atomic E-state index is 0.113. The summed E-state index contributed by atoms with van der Waals surface area (Å²) in [4.78, 5) is 1.21. The fourth-order valence-electron chi connectivity index (χ4n) is 0.956.